The van der Waals surface area contributed by atoms with Crippen molar-refractivity contribution < 1.29 is 35.0 Å². The molecule has 0 radical (unpaired) electrons. The number of hydrogen-bond acceptors (Lipinski definition) is 7. The summed E-state index contributed by atoms with van der Waals surface area (Å²) in [6, 6.07) is 8.48. The highest BCUT2D eigenvalue weighted by Gasteiger charge is 2.47. The molecular formula is C13H18O7. The smallest absolute Gasteiger partial charge is 0.229 e. The second kappa shape index (κ2) is 6.49. The Morgan fingerprint density at radius 2 is 1.70 bits per heavy atom. The van der Waals surface area contributed by atoms with E-state index in [1.807, 2.05) is 0 Å². The van der Waals surface area contributed by atoms with E-state index in [2.05, 4.69) is 0 Å². The van der Waals surface area contributed by atoms with E-state index in [0.29, 0.717) is 5.75 Å². The maximum atomic E-state index is 9.84. The van der Waals surface area contributed by atoms with Gasteiger partial charge in [0.2, 0.25) is 6.29 Å². The molecule has 1 aromatic carbocycles. The minimum Gasteiger partial charge on any atom is -0.462 e. The molecule has 0 aliphatic carbocycles. The Hall–Kier alpha value is -1.22. The molecular weight excluding hydrogens is 268 g/mol. The molecule has 0 saturated carbocycles. The number of aliphatic hydroxyl groups is 5. The summed E-state index contributed by atoms with van der Waals surface area (Å²) in [6.07, 6.45) is -8.47. The van der Waals surface area contributed by atoms with Crippen molar-refractivity contribution in [3.8, 4) is 5.75 Å². The van der Waals surface area contributed by atoms with Crippen LogP contribution in [0.3, 0.4) is 0 Å². The third kappa shape index (κ3) is 3.09. The van der Waals surface area contributed by atoms with E-state index < -0.39 is 43.4 Å². The van der Waals surface area contributed by atoms with Crippen molar-refractivity contribution >= 4 is 0 Å². The quantitative estimate of drug-likeness (QED) is 0.444. The Bertz CT molecular complexity index is 412. The predicted molar refractivity (Wildman–Crippen MR) is 66.8 cm³/mol. The van der Waals surface area contributed by atoms with Crippen LogP contribution in [0.2, 0.25) is 0 Å². The summed E-state index contributed by atoms with van der Waals surface area (Å²) in [4.78, 5) is 0. The summed E-state index contributed by atoms with van der Waals surface area (Å²) in [5.74, 6) is 0.400. The first-order valence-electron chi connectivity index (χ1n) is 6.25. The topological polar surface area (TPSA) is 120 Å². The van der Waals surface area contributed by atoms with Gasteiger partial charge in [-0.15, -0.1) is 0 Å². The van der Waals surface area contributed by atoms with Crippen LogP contribution in [0.5, 0.6) is 5.75 Å². The summed E-state index contributed by atoms with van der Waals surface area (Å²) in [6.45, 7) is -0.650. The average molecular weight is 286 g/mol. The summed E-state index contributed by atoms with van der Waals surface area (Å²) >= 11 is 0. The van der Waals surface area contributed by atoms with Crippen LogP contribution in [0.15, 0.2) is 30.3 Å². The fourth-order valence-electron chi connectivity index (χ4n) is 2.03. The summed E-state index contributed by atoms with van der Waals surface area (Å²) in [5.41, 5.74) is 0. The minimum atomic E-state index is -1.55. The lowest BCUT2D eigenvalue weighted by Gasteiger charge is -2.41. The summed E-state index contributed by atoms with van der Waals surface area (Å²) in [5, 5.41) is 47.8. The Morgan fingerprint density at radius 3 is 2.30 bits per heavy atom. The second-order valence-electron chi connectivity index (χ2n) is 4.62. The number of rotatable bonds is 4. The van der Waals surface area contributed by atoms with Crippen LogP contribution in [0.1, 0.15) is 0 Å². The van der Waals surface area contributed by atoms with E-state index in [1.165, 1.54) is 0 Å². The molecule has 0 aromatic heterocycles. The van der Waals surface area contributed by atoms with Crippen molar-refractivity contribution in [3.05, 3.63) is 30.3 Å². The van der Waals surface area contributed by atoms with Crippen LogP contribution in [-0.4, -0.2) is 68.9 Å². The standard InChI is InChI=1S/C13H18O7/c14-6-8(15)12-10(17)9(16)11(18)13(20-12)19-7-4-2-1-3-5-7/h1-5,8-18H,6H2/t8-,9-,10-,11-,12-,13-/m1/s1. The molecule has 1 aromatic rings. The van der Waals surface area contributed by atoms with Gasteiger partial charge in [0, 0.05) is 0 Å². The lowest BCUT2D eigenvalue weighted by Crippen LogP contribution is -2.62. The Labute approximate surface area is 115 Å². The molecule has 112 valence electrons. The first-order valence-corrected chi connectivity index (χ1v) is 6.25. The van der Waals surface area contributed by atoms with Gasteiger partial charge in [-0.3, -0.25) is 0 Å². The van der Waals surface area contributed by atoms with Crippen LogP contribution in [0.25, 0.3) is 0 Å². The van der Waals surface area contributed by atoms with Gasteiger partial charge < -0.3 is 35.0 Å². The number of para-hydroxylation sites is 1. The average Bonchev–Trinajstić information content (AvgIpc) is 2.48. The third-order valence-corrected chi connectivity index (χ3v) is 3.17. The third-order valence-electron chi connectivity index (χ3n) is 3.17. The first kappa shape index (κ1) is 15.2. The van der Waals surface area contributed by atoms with E-state index >= 15 is 0 Å². The highest BCUT2D eigenvalue weighted by atomic mass is 16.7. The van der Waals surface area contributed by atoms with Gasteiger partial charge in [0.05, 0.1) is 6.61 Å². The van der Waals surface area contributed by atoms with Gasteiger partial charge in [0.25, 0.3) is 0 Å². The second-order valence-corrected chi connectivity index (χ2v) is 4.62. The van der Waals surface area contributed by atoms with E-state index in [1.54, 1.807) is 30.3 Å². The van der Waals surface area contributed by atoms with Gasteiger partial charge in [-0.25, -0.2) is 0 Å². The zero-order chi connectivity index (χ0) is 14.7. The molecule has 0 spiro atoms. The molecule has 1 saturated heterocycles. The fourth-order valence-corrected chi connectivity index (χ4v) is 2.03. The summed E-state index contributed by atoms with van der Waals surface area (Å²) < 4.78 is 10.6. The lowest BCUT2D eigenvalue weighted by atomic mass is 9.95. The molecule has 1 fully saturated rings. The maximum absolute atomic E-state index is 9.84. The van der Waals surface area contributed by atoms with Gasteiger partial charge in [-0.2, -0.15) is 0 Å². The number of ether oxygens (including phenoxy) is 2. The molecule has 7 heteroatoms. The zero-order valence-electron chi connectivity index (χ0n) is 10.6. The largest absolute Gasteiger partial charge is 0.462 e. The Kier molecular flexibility index (Phi) is 4.92. The van der Waals surface area contributed by atoms with Crippen molar-refractivity contribution in [2.75, 3.05) is 6.61 Å². The zero-order valence-corrected chi connectivity index (χ0v) is 10.6. The SMILES string of the molecule is OC[C@@H](O)[C@H]1O[C@@H](Oc2ccccc2)[C@H](O)[C@H](O)[C@H]1O. The number of hydrogen-bond donors (Lipinski definition) is 5. The van der Waals surface area contributed by atoms with Gasteiger partial charge in [0.15, 0.2) is 0 Å². The number of aliphatic hydroxyl groups excluding tert-OH is 5. The first-order chi connectivity index (χ1) is 9.54. The molecule has 1 aliphatic rings. The number of benzene rings is 1. The van der Waals surface area contributed by atoms with Crippen LogP contribution in [0.4, 0.5) is 0 Å². The monoisotopic (exact) mass is 286 g/mol. The maximum Gasteiger partial charge on any atom is 0.229 e. The lowest BCUT2D eigenvalue weighted by molar-refractivity contribution is -0.290. The van der Waals surface area contributed by atoms with Gasteiger partial charge in [-0.05, 0) is 12.1 Å². The van der Waals surface area contributed by atoms with Gasteiger partial charge in [-0.1, -0.05) is 18.2 Å². The molecule has 6 atom stereocenters. The molecule has 1 heterocycles. The fraction of sp³-hybridized carbons (Fsp3) is 0.538. The van der Waals surface area contributed by atoms with Gasteiger partial charge >= 0.3 is 0 Å². The predicted octanol–water partition coefficient (Wildman–Crippen LogP) is -1.77. The molecule has 7 nitrogen and oxygen atoms in total. The molecule has 20 heavy (non-hydrogen) atoms. The molecule has 0 amide bonds. The highest BCUT2D eigenvalue weighted by molar-refractivity contribution is 5.21. The molecule has 0 bridgehead atoms. The Balaban J connectivity index is 2.11. The van der Waals surface area contributed by atoms with E-state index in [9.17, 15) is 20.4 Å². The van der Waals surface area contributed by atoms with Crippen LogP contribution in [0, 0.1) is 0 Å². The van der Waals surface area contributed by atoms with E-state index in [0.717, 1.165) is 0 Å². The van der Waals surface area contributed by atoms with Crippen molar-refractivity contribution in [2.24, 2.45) is 0 Å². The van der Waals surface area contributed by atoms with Crippen molar-refractivity contribution in [2.45, 2.75) is 36.8 Å². The van der Waals surface area contributed by atoms with Gasteiger partial charge in [0.1, 0.15) is 36.3 Å². The van der Waals surface area contributed by atoms with Crippen LogP contribution < -0.4 is 4.74 Å². The normalized spacial score (nSPS) is 35.5. The Morgan fingerprint density at radius 1 is 1.05 bits per heavy atom. The molecule has 0 unspecified atom stereocenters. The van der Waals surface area contributed by atoms with E-state index in [-0.39, 0.29) is 0 Å². The van der Waals surface area contributed by atoms with E-state index in [4.69, 9.17) is 14.6 Å². The van der Waals surface area contributed by atoms with Crippen molar-refractivity contribution in [1.82, 2.24) is 0 Å². The molecule has 5 N–H and O–H groups in total. The van der Waals surface area contributed by atoms with Crippen LogP contribution >= 0.6 is 0 Å². The molecule has 1 aliphatic heterocycles. The van der Waals surface area contributed by atoms with Crippen molar-refractivity contribution in [1.29, 1.82) is 0 Å². The van der Waals surface area contributed by atoms with Crippen LogP contribution in [-0.2, 0) is 4.74 Å². The highest BCUT2D eigenvalue weighted by Crippen LogP contribution is 2.25. The summed E-state index contributed by atoms with van der Waals surface area (Å²) in [7, 11) is 0. The van der Waals surface area contributed by atoms with Crippen molar-refractivity contribution in [3.63, 3.8) is 0 Å². The minimum absolute atomic E-state index is 0.400. The molecule has 2 rings (SSSR count).